The van der Waals surface area contributed by atoms with Gasteiger partial charge in [0.1, 0.15) is 5.83 Å². The summed E-state index contributed by atoms with van der Waals surface area (Å²) in [6, 6.07) is 0. The highest BCUT2D eigenvalue weighted by atomic mass is 19.1. The third kappa shape index (κ3) is 1.60. The predicted molar refractivity (Wildman–Crippen MR) is 53.0 cm³/mol. The molecular weight excluding hydrogens is 163 g/mol. The Hall–Kier alpha value is -0.850. The molecule has 2 rings (SSSR count). The summed E-state index contributed by atoms with van der Waals surface area (Å²) in [5.41, 5.74) is 2.46. The fourth-order valence-corrected chi connectivity index (χ4v) is 1.71. The SMILES string of the molecule is CC1=CC(C2(C)CC2)=CCC=C1F. The number of hydrogen-bond acceptors (Lipinski definition) is 0. The minimum atomic E-state index is -0.0597. The molecule has 0 nitrogen and oxygen atoms in total. The van der Waals surface area contributed by atoms with Crippen LogP contribution in [0.5, 0.6) is 0 Å². The molecular formula is C12H15F. The van der Waals surface area contributed by atoms with Gasteiger partial charge in [-0.1, -0.05) is 19.1 Å². The molecule has 1 heteroatoms. The lowest BCUT2D eigenvalue weighted by atomic mass is 9.96. The molecule has 0 heterocycles. The minimum absolute atomic E-state index is 0.0597. The van der Waals surface area contributed by atoms with Crippen LogP contribution >= 0.6 is 0 Å². The van der Waals surface area contributed by atoms with E-state index in [2.05, 4.69) is 13.0 Å². The molecule has 0 unspecified atom stereocenters. The Morgan fingerprint density at radius 3 is 2.62 bits per heavy atom. The molecule has 0 radical (unpaired) electrons. The average Bonchev–Trinajstić information content (AvgIpc) is 2.83. The number of halogens is 1. The van der Waals surface area contributed by atoms with E-state index < -0.39 is 0 Å². The van der Waals surface area contributed by atoms with Gasteiger partial charge in [0, 0.05) is 0 Å². The van der Waals surface area contributed by atoms with Gasteiger partial charge in [0.2, 0.25) is 0 Å². The molecule has 0 atom stereocenters. The molecule has 0 aliphatic heterocycles. The molecule has 1 saturated carbocycles. The van der Waals surface area contributed by atoms with Crippen molar-refractivity contribution in [2.75, 3.05) is 0 Å². The van der Waals surface area contributed by atoms with Crippen molar-refractivity contribution < 1.29 is 4.39 Å². The van der Waals surface area contributed by atoms with Crippen molar-refractivity contribution in [3.05, 3.63) is 35.2 Å². The zero-order valence-corrected chi connectivity index (χ0v) is 8.23. The molecule has 2 aliphatic carbocycles. The minimum Gasteiger partial charge on any atom is -0.207 e. The van der Waals surface area contributed by atoms with Gasteiger partial charge in [-0.05, 0) is 48.8 Å². The Morgan fingerprint density at radius 2 is 2.00 bits per heavy atom. The van der Waals surface area contributed by atoms with Crippen molar-refractivity contribution in [2.24, 2.45) is 5.41 Å². The first kappa shape index (κ1) is 8.74. The van der Waals surface area contributed by atoms with E-state index in [1.54, 1.807) is 6.08 Å². The Kier molecular flexibility index (Phi) is 1.90. The molecule has 0 aromatic carbocycles. The van der Waals surface area contributed by atoms with Gasteiger partial charge in [-0.25, -0.2) is 4.39 Å². The summed E-state index contributed by atoms with van der Waals surface area (Å²) in [7, 11) is 0. The van der Waals surface area contributed by atoms with Crippen molar-refractivity contribution in [1.29, 1.82) is 0 Å². The highest BCUT2D eigenvalue weighted by Crippen LogP contribution is 2.52. The molecule has 2 aliphatic rings. The van der Waals surface area contributed by atoms with Crippen LogP contribution in [0.2, 0.25) is 0 Å². The molecule has 1 fully saturated rings. The Morgan fingerprint density at radius 1 is 1.31 bits per heavy atom. The second-order valence-corrected chi connectivity index (χ2v) is 4.34. The van der Waals surface area contributed by atoms with E-state index in [4.69, 9.17) is 0 Å². The Balaban J connectivity index is 2.28. The van der Waals surface area contributed by atoms with Gasteiger partial charge in [0.15, 0.2) is 0 Å². The van der Waals surface area contributed by atoms with E-state index in [0.717, 1.165) is 12.0 Å². The van der Waals surface area contributed by atoms with Gasteiger partial charge < -0.3 is 0 Å². The fourth-order valence-electron chi connectivity index (χ4n) is 1.71. The zero-order chi connectivity index (χ0) is 9.47. The molecule has 0 amide bonds. The highest BCUT2D eigenvalue weighted by molar-refractivity contribution is 5.40. The molecule has 13 heavy (non-hydrogen) atoms. The largest absolute Gasteiger partial charge is 0.207 e. The molecule has 0 saturated heterocycles. The van der Waals surface area contributed by atoms with Gasteiger partial charge in [0.05, 0.1) is 0 Å². The number of allylic oxidation sites excluding steroid dienone is 6. The smallest absolute Gasteiger partial charge is 0.122 e. The number of rotatable bonds is 1. The molecule has 0 bridgehead atoms. The van der Waals surface area contributed by atoms with Crippen LogP contribution < -0.4 is 0 Å². The van der Waals surface area contributed by atoms with Crippen LogP contribution in [-0.4, -0.2) is 0 Å². The van der Waals surface area contributed by atoms with Crippen LogP contribution in [0.25, 0.3) is 0 Å². The normalized spacial score (nSPS) is 25.6. The third-order valence-corrected chi connectivity index (χ3v) is 3.08. The summed E-state index contributed by atoms with van der Waals surface area (Å²) in [5, 5.41) is 0. The lowest BCUT2D eigenvalue weighted by Crippen LogP contribution is -1.96. The molecule has 70 valence electrons. The summed E-state index contributed by atoms with van der Waals surface area (Å²) in [6.07, 6.45) is 9.07. The van der Waals surface area contributed by atoms with Crippen molar-refractivity contribution in [3.63, 3.8) is 0 Å². The maximum absolute atomic E-state index is 13.2. The van der Waals surface area contributed by atoms with E-state index in [-0.39, 0.29) is 5.83 Å². The maximum atomic E-state index is 13.2. The molecule has 0 aromatic heterocycles. The Labute approximate surface area is 78.8 Å². The van der Waals surface area contributed by atoms with E-state index >= 15 is 0 Å². The summed E-state index contributed by atoms with van der Waals surface area (Å²) in [5.74, 6) is -0.0597. The van der Waals surface area contributed by atoms with Gasteiger partial charge in [0.25, 0.3) is 0 Å². The lowest BCUT2D eigenvalue weighted by molar-refractivity contribution is 0.647. The zero-order valence-electron chi connectivity index (χ0n) is 8.23. The maximum Gasteiger partial charge on any atom is 0.122 e. The topological polar surface area (TPSA) is 0 Å². The summed E-state index contributed by atoms with van der Waals surface area (Å²) < 4.78 is 13.2. The standard InChI is InChI=1S/C12H15F/c1-9-8-10(12(2)6-7-12)4-3-5-11(9)13/h4-5,8H,3,6-7H2,1-2H3. The van der Waals surface area contributed by atoms with Crippen LogP contribution in [0, 0.1) is 5.41 Å². The fraction of sp³-hybridized carbons (Fsp3) is 0.500. The summed E-state index contributed by atoms with van der Waals surface area (Å²) in [4.78, 5) is 0. The predicted octanol–water partition coefficient (Wildman–Crippen LogP) is 3.92. The second-order valence-electron chi connectivity index (χ2n) is 4.34. The van der Waals surface area contributed by atoms with E-state index in [9.17, 15) is 4.39 Å². The van der Waals surface area contributed by atoms with Gasteiger partial charge in [-0.2, -0.15) is 0 Å². The highest BCUT2D eigenvalue weighted by Gasteiger charge is 2.39. The first-order valence-electron chi connectivity index (χ1n) is 4.87. The Bertz CT molecular complexity index is 314. The van der Waals surface area contributed by atoms with Gasteiger partial charge >= 0.3 is 0 Å². The lowest BCUT2D eigenvalue weighted by Gasteiger charge is -2.09. The van der Waals surface area contributed by atoms with E-state index in [0.29, 0.717) is 5.41 Å². The summed E-state index contributed by atoms with van der Waals surface area (Å²) in [6.45, 7) is 4.10. The van der Waals surface area contributed by atoms with E-state index in [1.165, 1.54) is 18.4 Å². The van der Waals surface area contributed by atoms with Crippen LogP contribution in [0.1, 0.15) is 33.1 Å². The van der Waals surface area contributed by atoms with Crippen LogP contribution in [-0.2, 0) is 0 Å². The first-order valence-corrected chi connectivity index (χ1v) is 4.87. The second kappa shape index (κ2) is 2.83. The quantitative estimate of drug-likeness (QED) is 0.571. The van der Waals surface area contributed by atoms with Crippen LogP contribution in [0.3, 0.4) is 0 Å². The van der Waals surface area contributed by atoms with Crippen LogP contribution in [0.15, 0.2) is 35.2 Å². The average molecular weight is 178 g/mol. The van der Waals surface area contributed by atoms with Gasteiger partial charge in [-0.15, -0.1) is 0 Å². The van der Waals surface area contributed by atoms with Crippen molar-refractivity contribution in [2.45, 2.75) is 33.1 Å². The van der Waals surface area contributed by atoms with Crippen molar-refractivity contribution in [1.82, 2.24) is 0 Å². The van der Waals surface area contributed by atoms with Crippen molar-refractivity contribution >= 4 is 0 Å². The van der Waals surface area contributed by atoms with Crippen LogP contribution in [0.4, 0.5) is 4.39 Å². The molecule has 0 spiro atoms. The monoisotopic (exact) mass is 178 g/mol. The first-order chi connectivity index (χ1) is 6.12. The summed E-state index contributed by atoms with van der Waals surface area (Å²) >= 11 is 0. The molecule has 0 aromatic rings. The number of hydrogen-bond donors (Lipinski definition) is 0. The van der Waals surface area contributed by atoms with Gasteiger partial charge in [-0.3, -0.25) is 0 Å². The van der Waals surface area contributed by atoms with Crippen molar-refractivity contribution in [3.8, 4) is 0 Å². The molecule has 0 N–H and O–H groups in total. The third-order valence-electron chi connectivity index (χ3n) is 3.08. The van der Waals surface area contributed by atoms with E-state index in [1.807, 2.05) is 13.0 Å².